The second-order valence-corrected chi connectivity index (χ2v) is 7.88. The summed E-state index contributed by atoms with van der Waals surface area (Å²) in [4.78, 5) is 12.8. The minimum absolute atomic E-state index is 0.125. The summed E-state index contributed by atoms with van der Waals surface area (Å²) in [5.41, 5.74) is 1.39. The van der Waals surface area contributed by atoms with Crippen LogP contribution in [0.4, 0.5) is 9.18 Å². The molecule has 0 saturated heterocycles. The number of benzene rings is 1. The number of carbonyl (C=O) groups is 1. The number of ether oxygens (including phenoxy) is 1. The molecule has 1 aromatic heterocycles. The van der Waals surface area contributed by atoms with E-state index in [-0.39, 0.29) is 37.0 Å². The predicted molar refractivity (Wildman–Crippen MR) is 99.8 cm³/mol. The van der Waals surface area contributed by atoms with Gasteiger partial charge in [-0.25, -0.2) is 9.18 Å². The van der Waals surface area contributed by atoms with Gasteiger partial charge in [0.25, 0.3) is 0 Å². The second-order valence-electron chi connectivity index (χ2n) is 7.88. The standard InChI is InChI=1S/C20H25FN4O3/c1-12(2)28-16-6-3-13(4-7-16)19-23-22-18-11-24(20(26)27)10-14-9-15(21)5-8-17(14)25(18)19/h5,8-9,12-13,16H,3-4,6-7,10-11H2,1-2H3,(H,26,27). The van der Waals surface area contributed by atoms with Crippen molar-refractivity contribution in [2.45, 2.75) is 70.7 Å². The molecule has 2 aliphatic rings. The lowest BCUT2D eigenvalue weighted by Crippen LogP contribution is -2.28. The van der Waals surface area contributed by atoms with E-state index in [4.69, 9.17) is 4.74 Å². The molecular weight excluding hydrogens is 363 g/mol. The van der Waals surface area contributed by atoms with Crippen molar-refractivity contribution in [1.82, 2.24) is 19.7 Å². The average molecular weight is 388 g/mol. The number of nitrogens with zero attached hydrogens (tertiary/aromatic N) is 4. The van der Waals surface area contributed by atoms with Crippen LogP contribution in [0.2, 0.25) is 0 Å². The maximum atomic E-state index is 13.8. The lowest BCUT2D eigenvalue weighted by molar-refractivity contribution is -0.0151. The Bertz CT molecular complexity index is 874. The van der Waals surface area contributed by atoms with Gasteiger partial charge in [0.05, 0.1) is 31.0 Å². The van der Waals surface area contributed by atoms with Gasteiger partial charge in [0, 0.05) is 5.92 Å². The predicted octanol–water partition coefficient (Wildman–Crippen LogP) is 3.85. The number of hydrogen-bond acceptors (Lipinski definition) is 4. The molecule has 0 bridgehead atoms. The third-order valence-corrected chi connectivity index (χ3v) is 5.51. The lowest BCUT2D eigenvalue weighted by Gasteiger charge is -2.29. The zero-order valence-corrected chi connectivity index (χ0v) is 16.1. The molecular formula is C20H25FN4O3. The van der Waals surface area contributed by atoms with Gasteiger partial charge in [-0.2, -0.15) is 0 Å². The Kier molecular flexibility index (Phi) is 5.05. The minimum Gasteiger partial charge on any atom is -0.465 e. The highest BCUT2D eigenvalue weighted by Crippen LogP contribution is 2.36. The molecule has 8 heteroatoms. The first-order valence-corrected chi connectivity index (χ1v) is 9.78. The first-order valence-electron chi connectivity index (χ1n) is 9.78. The zero-order chi connectivity index (χ0) is 19.8. The summed E-state index contributed by atoms with van der Waals surface area (Å²) in [5, 5.41) is 18.2. The molecule has 2 heterocycles. The van der Waals surface area contributed by atoms with Gasteiger partial charge in [-0.05, 0) is 63.3 Å². The van der Waals surface area contributed by atoms with E-state index in [0.29, 0.717) is 11.4 Å². The summed E-state index contributed by atoms with van der Waals surface area (Å²) in [7, 11) is 0. The van der Waals surface area contributed by atoms with Gasteiger partial charge in [-0.1, -0.05) is 0 Å². The highest BCUT2D eigenvalue weighted by Gasteiger charge is 2.32. The summed E-state index contributed by atoms with van der Waals surface area (Å²) in [6.07, 6.45) is 3.23. The van der Waals surface area contributed by atoms with Crippen LogP contribution >= 0.6 is 0 Å². The van der Waals surface area contributed by atoms with Gasteiger partial charge >= 0.3 is 6.09 Å². The minimum atomic E-state index is -1.06. The van der Waals surface area contributed by atoms with Crippen molar-refractivity contribution in [3.63, 3.8) is 0 Å². The van der Waals surface area contributed by atoms with Crippen LogP contribution in [0.3, 0.4) is 0 Å². The van der Waals surface area contributed by atoms with E-state index in [9.17, 15) is 14.3 Å². The van der Waals surface area contributed by atoms with E-state index in [2.05, 4.69) is 24.0 Å². The van der Waals surface area contributed by atoms with Crippen LogP contribution in [-0.2, 0) is 17.8 Å². The molecule has 1 aliphatic heterocycles. The molecule has 1 fully saturated rings. The molecule has 28 heavy (non-hydrogen) atoms. The smallest absolute Gasteiger partial charge is 0.408 e. The Balaban J connectivity index is 1.67. The number of carboxylic acid groups (broad SMARTS) is 1. The molecule has 2 aromatic rings. The summed E-state index contributed by atoms with van der Waals surface area (Å²) in [5.74, 6) is 1.25. The lowest BCUT2D eigenvalue weighted by atomic mass is 9.86. The van der Waals surface area contributed by atoms with Crippen LogP contribution in [0, 0.1) is 5.82 Å². The Hall–Kier alpha value is -2.48. The van der Waals surface area contributed by atoms with Crippen molar-refractivity contribution in [2.75, 3.05) is 0 Å². The number of hydrogen-bond donors (Lipinski definition) is 1. The fourth-order valence-electron chi connectivity index (χ4n) is 4.27. The fourth-order valence-corrected chi connectivity index (χ4v) is 4.27. The van der Waals surface area contributed by atoms with E-state index >= 15 is 0 Å². The third-order valence-electron chi connectivity index (χ3n) is 5.51. The average Bonchev–Trinajstić information content (AvgIpc) is 2.97. The van der Waals surface area contributed by atoms with Gasteiger partial charge in [0.1, 0.15) is 11.6 Å². The van der Waals surface area contributed by atoms with E-state index in [1.165, 1.54) is 17.0 Å². The maximum absolute atomic E-state index is 13.8. The van der Waals surface area contributed by atoms with Gasteiger partial charge in [-0.3, -0.25) is 9.47 Å². The largest absolute Gasteiger partial charge is 0.465 e. The van der Waals surface area contributed by atoms with E-state index < -0.39 is 6.09 Å². The van der Waals surface area contributed by atoms with Crippen LogP contribution in [0.25, 0.3) is 5.69 Å². The Morgan fingerprint density at radius 1 is 1.21 bits per heavy atom. The van der Waals surface area contributed by atoms with Gasteiger partial charge in [0.15, 0.2) is 5.82 Å². The Morgan fingerprint density at radius 3 is 2.64 bits per heavy atom. The SMILES string of the molecule is CC(C)OC1CCC(c2nnc3n2-c2ccc(F)cc2CN(C(=O)O)C3)CC1. The summed E-state index contributed by atoms with van der Waals surface area (Å²) < 4.78 is 21.7. The Labute approximate surface area is 163 Å². The topological polar surface area (TPSA) is 80.5 Å². The van der Waals surface area contributed by atoms with Crippen LogP contribution < -0.4 is 0 Å². The molecule has 0 unspecified atom stereocenters. The fraction of sp³-hybridized carbons (Fsp3) is 0.550. The quantitative estimate of drug-likeness (QED) is 0.864. The highest BCUT2D eigenvalue weighted by atomic mass is 19.1. The van der Waals surface area contributed by atoms with Crippen LogP contribution in [0.5, 0.6) is 0 Å². The van der Waals surface area contributed by atoms with Crippen molar-refractivity contribution in [3.8, 4) is 5.69 Å². The molecule has 1 amide bonds. The zero-order valence-electron chi connectivity index (χ0n) is 16.1. The Morgan fingerprint density at radius 2 is 1.96 bits per heavy atom. The van der Waals surface area contributed by atoms with Gasteiger partial charge in [-0.15, -0.1) is 10.2 Å². The van der Waals surface area contributed by atoms with Crippen molar-refractivity contribution in [1.29, 1.82) is 0 Å². The third kappa shape index (κ3) is 3.61. The summed E-state index contributed by atoms with van der Waals surface area (Å²) in [6, 6.07) is 4.49. The number of fused-ring (bicyclic) bond motifs is 3. The van der Waals surface area contributed by atoms with Crippen molar-refractivity contribution in [2.24, 2.45) is 0 Å². The van der Waals surface area contributed by atoms with E-state index in [0.717, 1.165) is 37.2 Å². The van der Waals surface area contributed by atoms with Crippen molar-refractivity contribution in [3.05, 3.63) is 41.2 Å². The molecule has 0 atom stereocenters. The first-order chi connectivity index (χ1) is 13.4. The number of aromatic nitrogens is 3. The molecule has 1 saturated carbocycles. The molecule has 0 radical (unpaired) electrons. The number of amides is 1. The number of rotatable bonds is 3. The monoisotopic (exact) mass is 388 g/mol. The molecule has 1 aliphatic carbocycles. The summed E-state index contributed by atoms with van der Waals surface area (Å²) in [6.45, 7) is 4.36. The molecule has 1 aromatic carbocycles. The summed E-state index contributed by atoms with van der Waals surface area (Å²) >= 11 is 0. The molecule has 0 spiro atoms. The van der Waals surface area contributed by atoms with Crippen LogP contribution in [0.15, 0.2) is 18.2 Å². The molecule has 7 nitrogen and oxygen atoms in total. The number of halogens is 1. The maximum Gasteiger partial charge on any atom is 0.408 e. The van der Waals surface area contributed by atoms with E-state index in [1.54, 1.807) is 6.07 Å². The van der Waals surface area contributed by atoms with Crippen molar-refractivity contribution >= 4 is 6.09 Å². The van der Waals surface area contributed by atoms with Gasteiger partial charge < -0.3 is 9.84 Å². The molecule has 4 rings (SSSR count). The first kappa shape index (κ1) is 18.9. The van der Waals surface area contributed by atoms with Gasteiger partial charge in [0.2, 0.25) is 0 Å². The molecule has 1 N–H and O–H groups in total. The van der Waals surface area contributed by atoms with Crippen LogP contribution in [0.1, 0.15) is 62.7 Å². The second kappa shape index (κ2) is 7.50. The highest BCUT2D eigenvalue weighted by molar-refractivity contribution is 5.65. The van der Waals surface area contributed by atoms with Crippen LogP contribution in [-0.4, -0.2) is 43.1 Å². The van der Waals surface area contributed by atoms with Crippen molar-refractivity contribution < 1.29 is 19.0 Å². The molecule has 150 valence electrons. The van der Waals surface area contributed by atoms with E-state index in [1.807, 2.05) is 4.57 Å². The normalized spacial score (nSPS) is 21.9.